The molecule has 24 heavy (non-hydrogen) atoms. The van der Waals surface area contributed by atoms with Crippen molar-refractivity contribution in [1.82, 2.24) is 20.2 Å². The second-order valence-corrected chi connectivity index (χ2v) is 7.44. The van der Waals surface area contributed by atoms with E-state index in [0.29, 0.717) is 13.0 Å². The van der Waals surface area contributed by atoms with Crippen LogP contribution in [0, 0.1) is 19.8 Å². The molecule has 1 aromatic carbocycles. The Bertz CT molecular complexity index is 766. The molecule has 5 heteroatoms. The second-order valence-electron chi connectivity index (χ2n) is 7.44. The number of nitrogens with zero attached hydrogens (tertiary/aromatic N) is 2. The van der Waals surface area contributed by atoms with Gasteiger partial charge in [0.05, 0.1) is 17.6 Å². The van der Waals surface area contributed by atoms with Crippen molar-refractivity contribution < 1.29 is 4.79 Å². The summed E-state index contributed by atoms with van der Waals surface area (Å²) in [7, 11) is 0. The van der Waals surface area contributed by atoms with Gasteiger partial charge in [-0.15, -0.1) is 0 Å². The van der Waals surface area contributed by atoms with E-state index < -0.39 is 0 Å². The lowest BCUT2D eigenvalue weighted by Gasteiger charge is -2.26. The number of likely N-dealkylation sites (tertiary alicyclic amines) is 1. The van der Waals surface area contributed by atoms with Gasteiger partial charge in [-0.25, -0.2) is 4.98 Å². The molecule has 1 aliphatic heterocycles. The zero-order valence-electron chi connectivity index (χ0n) is 14.6. The Morgan fingerprint density at radius 3 is 3.00 bits per heavy atom. The molecular formula is C19H26N4O. The highest BCUT2D eigenvalue weighted by Gasteiger charge is 2.37. The van der Waals surface area contributed by atoms with E-state index in [0.717, 1.165) is 35.4 Å². The maximum absolute atomic E-state index is 12.1. The number of aryl methyl sites for hydroxylation is 2. The molecule has 2 N–H and O–H groups in total. The van der Waals surface area contributed by atoms with Crippen LogP contribution >= 0.6 is 0 Å². The summed E-state index contributed by atoms with van der Waals surface area (Å²) in [6, 6.07) is 4.89. The van der Waals surface area contributed by atoms with Gasteiger partial charge in [0.1, 0.15) is 5.82 Å². The summed E-state index contributed by atoms with van der Waals surface area (Å²) in [6.07, 6.45) is 4.64. The van der Waals surface area contributed by atoms with E-state index >= 15 is 0 Å². The molecule has 1 aromatic heterocycles. The molecule has 0 unspecified atom stereocenters. The third kappa shape index (κ3) is 2.93. The van der Waals surface area contributed by atoms with Gasteiger partial charge in [0.25, 0.3) is 0 Å². The number of amides is 1. The number of fused-ring (bicyclic) bond motifs is 3. The lowest BCUT2D eigenvalue weighted by atomic mass is 10.1. The fourth-order valence-electron chi connectivity index (χ4n) is 4.26. The van der Waals surface area contributed by atoms with Crippen molar-refractivity contribution in [3.05, 3.63) is 29.1 Å². The van der Waals surface area contributed by atoms with Crippen molar-refractivity contribution >= 4 is 16.9 Å². The molecule has 2 fully saturated rings. The third-order valence-corrected chi connectivity index (χ3v) is 5.83. The fraction of sp³-hybridized carbons (Fsp3) is 0.579. The first-order valence-corrected chi connectivity index (χ1v) is 9.05. The molecular weight excluding hydrogens is 300 g/mol. The number of imidazole rings is 1. The average molecular weight is 326 g/mol. The predicted molar refractivity (Wildman–Crippen MR) is 94.7 cm³/mol. The number of hydrogen-bond acceptors (Lipinski definition) is 3. The summed E-state index contributed by atoms with van der Waals surface area (Å²) in [4.78, 5) is 22.6. The van der Waals surface area contributed by atoms with Gasteiger partial charge in [0.2, 0.25) is 5.91 Å². The Kier molecular flexibility index (Phi) is 4.04. The van der Waals surface area contributed by atoms with Gasteiger partial charge in [-0.1, -0.05) is 6.07 Å². The number of piperidine rings is 1. The first-order chi connectivity index (χ1) is 11.6. The van der Waals surface area contributed by atoms with Crippen molar-refractivity contribution in [3.63, 3.8) is 0 Å². The summed E-state index contributed by atoms with van der Waals surface area (Å²) in [5.41, 5.74) is 4.48. The average Bonchev–Trinajstić information content (AvgIpc) is 3.29. The van der Waals surface area contributed by atoms with Crippen molar-refractivity contribution in [1.29, 1.82) is 0 Å². The van der Waals surface area contributed by atoms with Crippen LogP contribution in [0.5, 0.6) is 0 Å². The zero-order chi connectivity index (χ0) is 16.7. The van der Waals surface area contributed by atoms with Gasteiger partial charge in [0.15, 0.2) is 0 Å². The minimum Gasteiger partial charge on any atom is -0.349 e. The van der Waals surface area contributed by atoms with Gasteiger partial charge in [-0.3, -0.25) is 9.69 Å². The van der Waals surface area contributed by atoms with Crippen molar-refractivity contribution in [2.45, 2.75) is 52.1 Å². The van der Waals surface area contributed by atoms with Crippen LogP contribution in [0.1, 0.15) is 42.6 Å². The van der Waals surface area contributed by atoms with Gasteiger partial charge in [-0.05, 0) is 56.2 Å². The molecule has 2 heterocycles. The quantitative estimate of drug-likeness (QED) is 0.888. The molecule has 2 aromatic rings. The topological polar surface area (TPSA) is 61.0 Å². The van der Waals surface area contributed by atoms with Crippen LogP contribution in [0.2, 0.25) is 0 Å². The maximum atomic E-state index is 12.1. The number of aromatic amines is 1. The summed E-state index contributed by atoms with van der Waals surface area (Å²) in [5.74, 6) is 1.83. The van der Waals surface area contributed by atoms with Gasteiger partial charge < -0.3 is 10.3 Å². The summed E-state index contributed by atoms with van der Waals surface area (Å²) in [5, 5.41) is 3.00. The normalized spacial score (nSPS) is 23.2. The second kappa shape index (κ2) is 6.20. The van der Waals surface area contributed by atoms with Crippen LogP contribution in [-0.2, 0) is 11.3 Å². The highest BCUT2D eigenvalue weighted by atomic mass is 16.1. The number of hydrogen-bond donors (Lipinski definition) is 2. The number of benzene rings is 1. The molecule has 1 amide bonds. The molecule has 0 spiro atoms. The number of carbonyl (C=O) groups is 1. The first-order valence-electron chi connectivity index (χ1n) is 9.05. The van der Waals surface area contributed by atoms with E-state index in [9.17, 15) is 4.79 Å². The van der Waals surface area contributed by atoms with Crippen LogP contribution < -0.4 is 5.32 Å². The van der Waals surface area contributed by atoms with E-state index in [4.69, 9.17) is 0 Å². The minimum atomic E-state index is 0.117. The van der Waals surface area contributed by atoms with Crippen molar-refractivity contribution in [3.8, 4) is 0 Å². The summed E-state index contributed by atoms with van der Waals surface area (Å²) in [6.45, 7) is 6.74. The van der Waals surface area contributed by atoms with Crippen LogP contribution in [-0.4, -0.2) is 39.9 Å². The van der Waals surface area contributed by atoms with E-state index in [1.54, 1.807) is 0 Å². The first kappa shape index (κ1) is 15.6. The van der Waals surface area contributed by atoms with Gasteiger partial charge >= 0.3 is 0 Å². The molecule has 2 bridgehead atoms. The molecule has 1 aliphatic carbocycles. The van der Waals surface area contributed by atoms with Gasteiger partial charge in [-0.2, -0.15) is 0 Å². The Hall–Kier alpha value is -1.88. The van der Waals surface area contributed by atoms with E-state index in [2.05, 4.69) is 46.2 Å². The molecule has 0 radical (unpaired) electrons. The van der Waals surface area contributed by atoms with Gasteiger partial charge in [0, 0.05) is 25.6 Å². The number of rotatable bonds is 5. The largest absolute Gasteiger partial charge is 0.349 e. The van der Waals surface area contributed by atoms with Crippen molar-refractivity contribution in [2.24, 2.45) is 5.92 Å². The summed E-state index contributed by atoms with van der Waals surface area (Å²) < 4.78 is 0. The van der Waals surface area contributed by atoms with E-state index in [-0.39, 0.29) is 5.91 Å². The van der Waals surface area contributed by atoms with Crippen LogP contribution in [0.15, 0.2) is 12.1 Å². The Morgan fingerprint density at radius 2 is 2.25 bits per heavy atom. The molecule has 1 saturated carbocycles. The predicted octanol–water partition coefficient (Wildman–Crippen LogP) is 2.67. The molecule has 2 atom stereocenters. The standard InChI is InChI=1S/C19H26N4O/c1-12-3-6-16-19(13(12)2)22-17(21-16)10-20-18(24)7-8-23-11-14-4-5-15(23)9-14/h3,6,14-15H,4-5,7-11H2,1-2H3,(H,20,24)(H,21,22)/t14-,15+/m0/s1. The summed E-state index contributed by atoms with van der Waals surface area (Å²) >= 11 is 0. The Balaban J connectivity index is 1.30. The molecule has 1 saturated heterocycles. The Morgan fingerprint density at radius 1 is 1.38 bits per heavy atom. The highest BCUT2D eigenvalue weighted by Crippen LogP contribution is 2.37. The SMILES string of the molecule is Cc1ccc2[nH]c(CNC(=O)CCN3C[C@H]4CC[C@@H]3C4)nc2c1C. The van der Waals surface area contributed by atoms with Crippen LogP contribution in [0.4, 0.5) is 0 Å². The molecule has 5 nitrogen and oxygen atoms in total. The molecule has 2 aliphatic rings. The fourth-order valence-corrected chi connectivity index (χ4v) is 4.26. The molecule has 128 valence electrons. The zero-order valence-corrected chi connectivity index (χ0v) is 14.6. The Labute approximate surface area is 142 Å². The highest BCUT2D eigenvalue weighted by molar-refractivity contribution is 5.80. The smallest absolute Gasteiger partial charge is 0.221 e. The van der Waals surface area contributed by atoms with Crippen molar-refractivity contribution in [2.75, 3.05) is 13.1 Å². The lowest BCUT2D eigenvalue weighted by molar-refractivity contribution is -0.121. The number of nitrogens with one attached hydrogen (secondary N) is 2. The monoisotopic (exact) mass is 326 g/mol. The van der Waals surface area contributed by atoms with Crippen LogP contribution in [0.25, 0.3) is 11.0 Å². The third-order valence-electron chi connectivity index (χ3n) is 5.83. The lowest BCUT2D eigenvalue weighted by Crippen LogP contribution is -2.35. The molecule has 4 rings (SSSR count). The van der Waals surface area contributed by atoms with Crippen LogP contribution in [0.3, 0.4) is 0 Å². The number of carbonyl (C=O) groups excluding carboxylic acids is 1. The minimum absolute atomic E-state index is 0.117. The van der Waals surface area contributed by atoms with E-state index in [1.807, 2.05) is 0 Å². The number of aromatic nitrogens is 2. The number of H-pyrrole nitrogens is 1. The van der Waals surface area contributed by atoms with E-state index in [1.165, 1.54) is 36.9 Å². The maximum Gasteiger partial charge on any atom is 0.221 e.